The van der Waals surface area contributed by atoms with Gasteiger partial charge in [0.2, 0.25) is 0 Å². The van der Waals surface area contributed by atoms with Crippen LogP contribution in [0.25, 0.3) is 0 Å². The molecule has 0 amide bonds. The molecule has 0 aliphatic carbocycles. The van der Waals surface area contributed by atoms with E-state index >= 15 is 0 Å². The molecule has 0 heterocycles. The Hall–Kier alpha value is -0.350. The van der Waals surface area contributed by atoms with Crippen molar-refractivity contribution in [2.24, 2.45) is 16.7 Å². The summed E-state index contributed by atoms with van der Waals surface area (Å²) in [5.74, 6) is 5.16. The molecule has 0 bridgehead atoms. The van der Waals surface area contributed by atoms with E-state index in [0.717, 1.165) is 6.54 Å². The summed E-state index contributed by atoms with van der Waals surface area (Å²) in [6.45, 7) is 11.9. The van der Waals surface area contributed by atoms with Crippen LogP contribution in [0.2, 0.25) is 0 Å². The van der Waals surface area contributed by atoms with Crippen molar-refractivity contribution in [1.82, 2.24) is 10.7 Å². The maximum absolute atomic E-state index is 5.16. The zero-order valence-corrected chi connectivity index (χ0v) is 10.0. The zero-order valence-electron chi connectivity index (χ0n) is 9.19. The number of nitrogens with two attached hydrogens (primary N) is 1. The Morgan fingerprint density at radius 3 is 2.00 bits per heavy atom. The third-order valence-electron chi connectivity index (χ3n) is 2.85. The lowest BCUT2D eigenvalue weighted by Crippen LogP contribution is -2.46. The zero-order chi connectivity index (χ0) is 10.7. The molecule has 0 atom stereocenters. The van der Waals surface area contributed by atoms with E-state index < -0.39 is 0 Å². The topological polar surface area (TPSA) is 50.1 Å². The fourth-order valence-electron chi connectivity index (χ4n) is 0.617. The van der Waals surface area contributed by atoms with Gasteiger partial charge in [0.25, 0.3) is 0 Å². The van der Waals surface area contributed by atoms with Crippen LogP contribution in [-0.4, -0.2) is 11.7 Å². The van der Waals surface area contributed by atoms with Crippen molar-refractivity contribution in [2.45, 2.75) is 34.6 Å². The van der Waals surface area contributed by atoms with Gasteiger partial charge in [0.05, 0.1) is 0 Å². The molecule has 4 N–H and O–H groups in total. The first-order valence-electron chi connectivity index (χ1n) is 4.45. The number of nitrogens with one attached hydrogen (secondary N) is 2. The molecule has 0 aromatic heterocycles. The highest BCUT2D eigenvalue weighted by Crippen LogP contribution is 2.36. The second-order valence-corrected chi connectivity index (χ2v) is 5.37. The number of rotatable bonds is 2. The summed E-state index contributed by atoms with van der Waals surface area (Å²) in [7, 11) is 0. The van der Waals surface area contributed by atoms with Crippen molar-refractivity contribution in [3.63, 3.8) is 0 Å². The third-order valence-corrected chi connectivity index (χ3v) is 3.11. The van der Waals surface area contributed by atoms with Gasteiger partial charge in [-0.25, -0.2) is 5.84 Å². The Labute approximate surface area is 86.4 Å². The molecule has 4 heteroatoms. The highest BCUT2D eigenvalue weighted by atomic mass is 32.1. The van der Waals surface area contributed by atoms with Crippen LogP contribution in [0.5, 0.6) is 0 Å². The molecular weight excluding hydrogens is 182 g/mol. The highest BCUT2D eigenvalue weighted by molar-refractivity contribution is 7.80. The van der Waals surface area contributed by atoms with Crippen molar-refractivity contribution < 1.29 is 0 Å². The van der Waals surface area contributed by atoms with E-state index in [2.05, 4.69) is 45.4 Å². The fraction of sp³-hybridized carbons (Fsp3) is 0.889. The van der Waals surface area contributed by atoms with E-state index in [1.165, 1.54) is 0 Å². The number of thiocarbonyl (C=S) groups is 1. The van der Waals surface area contributed by atoms with Crippen molar-refractivity contribution >= 4 is 17.3 Å². The summed E-state index contributed by atoms with van der Waals surface area (Å²) < 4.78 is 0. The minimum absolute atomic E-state index is 0.175. The Kier molecular flexibility index (Phi) is 4.13. The van der Waals surface area contributed by atoms with Crippen LogP contribution in [0, 0.1) is 10.8 Å². The second kappa shape index (κ2) is 4.24. The van der Waals surface area contributed by atoms with Gasteiger partial charge in [0.1, 0.15) is 0 Å². The Morgan fingerprint density at radius 2 is 1.69 bits per heavy atom. The summed E-state index contributed by atoms with van der Waals surface area (Å²) in [5.41, 5.74) is 2.82. The van der Waals surface area contributed by atoms with E-state index in [-0.39, 0.29) is 10.8 Å². The minimum Gasteiger partial charge on any atom is -0.361 e. The van der Waals surface area contributed by atoms with Gasteiger partial charge in [0.15, 0.2) is 5.11 Å². The lowest BCUT2D eigenvalue weighted by atomic mass is 9.69. The first-order valence-corrected chi connectivity index (χ1v) is 4.86. The molecule has 0 aromatic carbocycles. The van der Waals surface area contributed by atoms with Gasteiger partial charge in [-0.1, -0.05) is 34.6 Å². The molecule has 0 radical (unpaired) electrons. The Balaban J connectivity index is 4.12. The molecular formula is C9H21N3S. The molecule has 0 aliphatic rings. The summed E-state index contributed by atoms with van der Waals surface area (Å²) in [5, 5.41) is 3.57. The van der Waals surface area contributed by atoms with Gasteiger partial charge >= 0.3 is 0 Å². The van der Waals surface area contributed by atoms with Gasteiger partial charge in [-0.2, -0.15) is 0 Å². The van der Waals surface area contributed by atoms with Gasteiger partial charge in [-0.3, -0.25) is 0 Å². The van der Waals surface area contributed by atoms with E-state index in [1.54, 1.807) is 0 Å². The van der Waals surface area contributed by atoms with Gasteiger partial charge in [-0.15, -0.1) is 0 Å². The lowest BCUT2D eigenvalue weighted by molar-refractivity contribution is 0.136. The molecule has 13 heavy (non-hydrogen) atoms. The maximum Gasteiger partial charge on any atom is 0.180 e. The van der Waals surface area contributed by atoms with Crippen molar-refractivity contribution in [3.05, 3.63) is 0 Å². The van der Waals surface area contributed by atoms with Crippen LogP contribution in [0.15, 0.2) is 0 Å². The van der Waals surface area contributed by atoms with Crippen LogP contribution in [0.4, 0.5) is 0 Å². The second-order valence-electron chi connectivity index (χ2n) is 4.96. The highest BCUT2D eigenvalue weighted by Gasteiger charge is 2.32. The van der Waals surface area contributed by atoms with Crippen LogP contribution in [-0.2, 0) is 0 Å². The first-order chi connectivity index (χ1) is 5.70. The van der Waals surface area contributed by atoms with E-state index in [4.69, 9.17) is 18.1 Å². The molecule has 0 saturated heterocycles. The van der Waals surface area contributed by atoms with E-state index in [1.807, 2.05) is 0 Å². The molecule has 0 unspecified atom stereocenters. The van der Waals surface area contributed by atoms with Crippen molar-refractivity contribution in [2.75, 3.05) is 6.54 Å². The molecule has 78 valence electrons. The lowest BCUT2D eigenvalue weighted by Gasteiger charge is -2.39. The average Bonchev–Trinajstić information content (AvgIpc) is 1.98. The Morgan fingerprint density at radius 1 is 1.23 bits per heavy atom. The minimum atomic E-state index is 0.175. The Bertz CT molecular complexity index is 182. The quantitative estimate of drug-likeness (QED) is 0.361. The van der Waals surface area contributed by atoms with Gasteiger partial charge in [-0.05, 0) is 23.0 Å². The largest absolute Gasteiger partial charge is 0.361 e. The van der Waals surface area contributed by atoms with Crippen LogP contribution in [0.1, 0.15) is 34.6 Å². The molecule has 0 saturated carbocycles. The monoisotopic (exact) mass is 203 g/mol. The molecule has 3 nitrogen and oxygen atoms in total. The van der Waals surface area contributed by atoms with E-state index in [9.17, 15) is 0 Å². The summed E-state index contributed by atoms with van der Waals surface area (Å²) in [6, 6.07) is 0. The van der Waals surface area contributed by atoms with Gasteiger partial charge < -0.3 is 10.7 Å². The predicted molar refractivity (Wildman–Crippen MR) is 61.2 cm³/mol. The molecule has 0 rings (SSSR count). The van der Waals surface area contributed by atoms with Gasteiger partial charge in [0, 0.05) is 6.54 Å². The summed E-state index contributed by atoms with van der Waals surface area (Å²) in [4.78, 5) is 0. The van der Waals surface area contributed by atoms with Crippen LogP contribution >= 0.6 is 12.2 Å². The summed E-state index contributed by atoms with van der Waals surface area (Å²) >= 11 is 4.90. The molecule has 0 aromatic rings. The third kappa shape index (κ3) is 3.91. The molecule has 0 spiro atoms. The fourth-order valence-corrected chi connectivity index (χ4v) is 0.690. The van der Waals surface area contributed by atoms with Crippen LogP contribution in [0.3, 0.4) is 0 Å². The van der Waals surface area contributed by atoms with E-state index in [0.29, 0.717) is 5.11 Å². The maximum atomic E-state index is 5.16. The smallest absolute Gasteiger partial charge is 0.180 e. The average molecular weight is 203 g/mol. The SMILES string of the molecule is CC(C)(C)C(C)(C)CNC(=S)NN. The first kappa shape index (κ1) is 12.7. The molecule has 0 fully saturated rings. The standard InChI is InChI=1S/C9H21N3S/c1-8(2,3)9(4,5)6-11-7(13)12-10/h6,10H2,1-5H3,(H2,11,12,13). The van der Waals surface area contributed by atoms with Crippen molar-refractivity contribution in [1.29, 1.82) is 0 Å². The number of hydrazine groups is 1. The molecule has 0 aliphatic heterocycles. The summed E-state index contributed by atoms with van der Waals surface area (Å²) in [6.07, 6.45) is 0. The number of hydrogen-bond donors (Lipinski definition) is 3. The predicted octanol–water partition coefficient (Wildman–Crippen LogP) is 1.40. The van der Waals surface area contributed by atoms with Crippen LogP contribution < -0.4 is 16.6 Å². The van der Waals surface area contributed by atoms with Crippen molar-refractivity contribution in [3.8, 4) is 0 Å². The normalized spacial score (nSPS) is 12.5. The number of hydrogen-bond acceptors (Lipinski definition) is 2.